The van der Waals surface area contributed by atoms with Crippen LogP contribution >= 0.6 is 0 Å². The quantitative estimate of drug-likeness (QED) is 0.635. The van der Waals surface area contributed by atoms with Crippen LogP contribution in [0.3, 0.4) is 0 Å². The molecule has 2 N–H and O–H groups in total. The molecule has 0 radical (unpaired) electrons. The number of carbonyl (C=O) groups is 2. The van der Waals surface area contributed by atoms with Crippen LogP contribution in [-0.4, -0.2) is 33.7 Å². The minimum Gasteiger partial charge on any atom is -0.480 e. The van der Waals surface area contributed by atoms with E-state index in [0.29, 0.717) is 5.56 Å². The van der Waals surface area contributed by atoms with E-state index in [9.17, 15) is 19.7 Å². The average molecular weight is 311 g/mol. The molecule has 8 heteroatoms. The van der Waals surface area contributed by atoms with Crippen molar-refractivity contribution in [1.82, 2.24) is 5.32 Å². The average Bonchev–Trinajstić information content (AvgIpc) is 2.46. The van der Waals surface area contributed by atoms with Crippen molar-refractivity contribution in [2.24, 2.45) is 0 Å². The number of nitro benzene ring substituents is 1. The van der Waals surface area contributed by atoms with Crippen LogP contribution in [-0.2, 0) is 16.0 Å². The number of carbonyl (C=O) groups excluding carboxylic acids is 1. The van der Waals surface area contributed by atoms with Gasteiger partial charge in [-0.2, -0.15) is 0 Å². The molecule has 0 aromatic heterocycles. The first-order valence-electron chi connectivity index (χ1n) is 7.10. The van der Waals surface area contributed by atoms with Crippen LogP contribution in [0.25, 0.3) is 0 Å². The molecule has 8 nitrogen and oxygen atoms in total. The van der Waals surface area contributed by atoms with E-state index in [-0.39, 0.29) is 19.0 Å². The Balaban J connectivity index is 2.74. The zero-order chi connectivity index (χ0) is 17.6. The molecule has 0 saturated heterocycles. The topological polar surface area (TPSA) is 119 Å². The summed E-state index contributed by atoms with van der Waals surface area (Å²) in [7, 11) is 0. The summed E-state index contributed by atoms with van der Waals surface area (Å²) in [6.07, 6.45) is -0.986. The van der Waals surface area contributed by atoms with Crippen molar-refractivity contribution in [2.75, 3.05) is 0 Å². The number of hydrogen-bond donors (Lipinski definition) is 2. The highest BCUT2D eigenvalue weighted by molar-refractivity contribution is 5.80. The molecule has 0 aliphatic rings. The van der Waals surface area contributed by atoms with Crippen molar-refractivity contribution in [3.63, 3.8) is 0 Å². The first-order valence-corrected chi connectivity index (χ1v) is 6.39. The van der Waals surface area contributed by atoms with Crippen molar-refractivity contribution in [3.05, 3.63) is 39.9 Å². The zero-order valence-electron chi connectivity index (χ0n) is 13.2. The van der Waals surface area contributed by atoms with Crippen molar-refractivity contribution in [2.45, 2.75) is 38.8 Å². The number of non-ortho nitro benzene ring substituents is 1. The number of aliphatic carboxylic acids is 1. The largest absolute Gasteiger partial charge is 0.480 e. The number of hydrogen-bond acceptors (Lipinski definition) is 5. The molecule has 22 heavy (non-hydrogen) atoms. The van der Waals surface area contributed by atoms with E-state index in [1.807, 2.05) is 0 Å². The van der Waals surface area contributed by atoms with E-state index in [1.165, 1.54) is 38.1 Å². The third-order valence-corrected chi connectivity index (χ3v) is 2.55. The van der Waals surface area contributed by atoms with Gasteiger partial charge in [-0.15, -0.1) is 0 Å². The second kappa shape index (κ2) is 6.88. The molecule has 0 fully saturated rings. The summed E-state index contributed by atoms with van der Waals surface area (Å²) >= 11 is 0. The maximum atomic E-state index is 11.7. The Labute approximate surface area is 128 Å². The first-order chi connectivity index (χ1) is 10.6. The van der Waals surface area contributed by atoms with E-state index >= 15 is 0 Å². The van der Waals surface area contributed by atoms with Gasteiger partial charge in [-0.3, -0.25) is 10.1 Å². The second-order valence-electron chi connectivity index (χ2n) is 5.31. The van der Waals surface area contributed by atoms with Gasteiger partial charge >= 0.3 is 12.1 Å². The van der Waals surface area contributed by atoms with Crippen LogP contribution in [0.5, 0.6) is 0 Å². The van der Waals surface area contributed by atoms with Gasteiger partial charge in [0.1, 0.15) is 11.6 Å². The molecule has 1 atom stereocenters. The molecular weight excluding hydrogens is 292 g/mol. The minimum absolute atomic E-state index is 0.0519. The molecule has 0 saturated carbocycles. The minimum atomic E-state index is -1.26. The monoisotopic (exact) mass is 311 g/mol. The van der Waals surface area contributed by atoms with Gasteiger partial charge < -0.3 is 15.2 Å². The Bertz CT molecular complexity index is 587. The highest BCUT2D eigenvalue weighted by Crippen LogP contribution is 2.14. The number of nitrogens with zero attached hydrogens (tertiary/aromatic N) is 1. The summed E-state index contributed by atoms with van der Waals surface area (Å²) < 4.78 is 12.2. The lowest BCUT2D eigenvalue weighted by atomic mass is 10.1. The van der Waals surface area contributed by atoms with Gasteiger partial charge in [-0.1, -0.05) is 12.1 Å². The molecular formula is C14H18N2O6. The predicted molar refractivity (Wildman–Crippen MR) is 77.6 cm³/mol. The van der Waals surface area contributed by atoms with Gasteiger partial charge in [-0.25, -0.2) is 9.59 Å². The Hall–Kier alpha value is -2.64. The lowest BCUT2D eigenvalue weighted by Crippen LogP contribution is -2.44. The second-order valence-corrected chi connectivity index (χ2v) is 5.31. The summed E-state index contributed by atoms with van der Waals surface area (Å²) in [4.78, 5) is 32.9. The van der Waals surface area contributed by atoms with Crippen LogP contribution in [0.2, 0.25) is 0 Å². The molecule has 0 aliphatic carbocycles. The summed E-state index contributed by atoms with van der Waals surface area (Å²) in [5.74, 6) is -1.26. The number of benzene rings is 1. The Morgan fingerprint density at radius 3 is 2.50 bits per heavy atom. The van der Waals surface area contributed by atoms with Gasteiger partial charge in [0.2, 0.25) is 0 Å². The lowest BCUT2D eigenvalue weighted by Gasteiger charge is -2.22. The first kappa shape index (κ1) is 15.7. The van der Waals surface area contributed by atoms with E-state index in [1.54, 1.807) is 0 Å². The van der Waals surface area contributed by atoms with E-state index < -0.39 is 28.6 Å². The van der Waals surface area contributed by atoms with Gasteiger partial charge in [0.25, 0.3) is 5.69 Å². The lowest BCUT2D eigenvalue weighted by molar-refractivity contribution is -0.384. The Morgan fingerprint density at radius 1 is 1.45 bits per heavy atom. The standard InChI is InChI=1S/C14H18N2O6/c1-14(2,3)22-13(19)15-11(12(17)18)8-9-4-6-10(7-5-9)16(20)21/h4-7,11H,8H2,1-3H3,(H,15,19)(H,17,18)/t11-/m0/s1/i1D. The maximum absolute atomic E-state index is 11.7. The fourth-order valence-electron chi connectivity index (χ4n) is 1.61. The molecule has 0 aliphatic heterocycles. The van der Waals surface area contributed by atoms with Crippen molar-refractivity contribution in [3.8, 4) is 0 Å². The van der Waals surface area contributed by atoms with Gasteiger partial charge in [0, 0.05) is 19.9 Å². The summed E-state index contributed by atoms with van der Waals surface area (Å²) in [5, 5.41) is 22.0. The molecule has 1 amide bonds. The van der Waals surface area contributed by atoms with Crippen LogP contribution in [0.1, 0.15) is 27.7 Å². The third-order valence-electron chi connectivity index (χ3n) is 2.55. The SMILES string of the molecule is [2H]CC(C)(C)OC(=O)N[C@@H](Cc1ccc([N+](=O)[O-])cc1)C(=O)O. The van der Waals surface area contributed by atoms with E-state index in [4.69, 9.17) is 11.2 Å². The number of carboxylic acids is 1. The molecule has 120 valence electrons. The van der Waals surface area contributed by atoms with Gasteiger partial charge in [0.15, 0.2) is 0 Å². The fourth-order valence-corrected chi connectivity index (χ4v) is 1.61. The number of alkyl carbamates (subject to hydrolysis) is 1. The highest BCUT2D eigenvalue weighted by atomic mass is 16.6. The number of rotatable bonds is 5. The fraction of sp³-hybridized carbons (Fsp3) is 0.429. The molecule has 0 unspecified atom stereocenters. The predicted octanol–water partition coefficient (Wildman–Crippen LogP) is 2.12. The van der Waals surface area contributed by atoms with Crippen molar-refractivity contribution < 1.29 is 25.7 Å². The summed E-state index contributed by atoms with van der Waals surface area (Å²) in [6.45, 7) is 2.90. The normalized spacial score (nSPS) is 12.9. The number of carboxylic acid groups (broad SMARTS) is 1. The molecule has 1 aromatic rings. The summed E-state index contributed by atoms with van der Waals surface area (Å²) in [5.41, 5.74) is -0.617. The summed E-state index contributed by atoms with van der Waals surface area (Å²) in [6, 6.07) is 4.13. The molecule has 0 spiro atoms. The van der Waals surface area contributed by atoms with E-state index in [2.05, 4.69) is 5.32 Å². The van der Waals surface area contributed by atoms with Crippen molar-refractivity contribution >= 4 is 17.7 Å². The number of ether oxygens (including phenoxy) is 1. The number of nitrogens with one attached hydrogen (secondary N) is 1. The molecule has 1 aromatic carbocycles. The van der Waals surface area contributed by atoms with E-state index in [0.717, 1.165) is 0 Å². The number of nitro groups is 1. The van der Waals surface area contributed by atoms with Crippen LogP contribution in [0, 0.1) is 10.1 Å². The van der Waals surface area contributed by atoms with Crippen LogP contribution in [0.4, 0.5) is 10.5 Å². The van der Waals surface area contributed by atoms with Gasteiger partial charge in [-0.05, 0) is 26.3 Å². The smallest absolute Gasteiger partial charge is 0.408 e. The number of amides is 1. The highest BCUT2D eigenvalue weighted by Gasteiger charge is 2.24. The van der Waals surface area contributed by atoms with Gasteiger partial charge in [0.05, 0.1) is 4.92 Å². The Morgan fingerprint density at radius 2 is 2.05 bits per heavy atom. The maximum Gasteiger partial charge on any atom is 0.408 e. The third kappa shape index (κ3) is 5.78. The Kier molecular flexibility index (Phi) is 4.92. The molecule has 0 heterocycles. The van der Waals surface area contributed by atoms with Crippen LogP contribution in [0.15, 0.2) is 24.3 Å². The molecule has 1 rings (SSSR count). The van der Waals surface area contributed by atoms with Crippen LogP contribution < -0.4 is 5.32 Å². The molecule has 0 bridgehead atoms. The van der Waals surface area contributed by atoms with Crippen molar-refractivity contribution in [1.29, 1.82) is 0 Å². The zero-order valence-corrected chi connectivity index (χ0v) is 12.2.